The van der Waals surface area contributed by atoms with Crippen molar-refractivity contribution in [3.8, 4) is 0 Å². The molecular weight excluding hydrogens is 178 g/mol. The quantitative estimate of drug-likeness (QED) is 0.494. The lowest BCUT2D eigenvalue weighted by molar-refractivity contribution is -0.113. The molecule has 0 aromatic rings. The van der Waals surface area contributed by atoms with Crippen LogP contribution in [0.25, 0.3) is 0 Å². The normalized spacial score (nSPS) is 18.0. The van der Waals surface area contributed by atoms with Crippen LogP contribution in [0, 0.1) is 0 Å². The molecule has 0 amide bonds. The molecule has 0 saturated heterocycles. The van der Waals surface area contributed by atoms with Crippen molar-refractivity contribution in [2.75, 3.05) is 0 Å². The molecule has 0 aliphatic carbocycles. The van der Waals surface area contributed by atoms with Gasteiger partial charge in [-0.25, -0.2) is 0 Å². The van der Waals surface area contributed by atoms with E-state index in [1.54, 1.807) is 0 Å². The summed E-state index contributed by atoms with van der Waals surface area (Å²) in [6.07, 6.45) is 0. The standard InChI is InChI=1S/C4H4ClNOS2/c1-2(7)3-4(5)8-9-6-3/h6H,1H3. The number of Topliss-reactive ketones (excluding diaryl/α,β-unsaturated/α-hetero) is 1. The van der Waals surface area contributed by atoms with Gasteiger partial charge in [0.05, 0.1) is 0 Å². The van der Waals surface area contributed by atoms with Crippen molar-refractivity contribution >= 4 is 39.2 Å². The van der Waals surface area contributed by atoms with Crippen LogP contribution < -0.4 is 4.72 Å². The summed E-state index contributed by atoms with van der Waals surface area (Å²) in [6, 6.07) is 0. The first-order valence-electron chi connectivity index (χ1n) is 2.22. The Bertz CT molecular complexity index is 179. The van der Waals surface area contributed by atoms with Crippen molar-refractivity contribution in [1.82, 2.24) is 4.72 Å². The maximum absolute atomic E-state index is 10.6. The third kappa shape index (κ3) is 1.56. The highest BCUT2D eigenvalue weighted by Crippen LogP contribution is 2.39. The number of hydrogen-bond acceptors (Lipinski definition) is 4. The summed E-state index contributed by atoms with van der Waals surface area (Å²) < 4.78 is 3.33. The van der Waals surface area contributed by atoms with E-state index in [0.29, 0.717) is 10.1 Å². The zero-order valence-corrected chi connectivity index (χ0v) is 6.99. The zero-order valence-electron chi connectivity index (χ0n) is 4.60. The summed E-state index contributed by atoms with van der Waals surface area (Å²) in [6.45, 7) is 1.48. The lowest BCUT2D eigenvalue weighted by Crippen LogP contribution is -2.06. The molecule has 0 unspecified atom stereocenters. The van der Waals surface area contributed by atoms with Gasteiger partial charge in [0, 0.05) is 17.9 Å². The molecule has 5 heteroatoms. The van der Waals surface area contributed by atoms with Crippen molar-refractivity contribution in [2.24, 2.45) is 0 Å². The third-order valence-electron chi connectivity index (χ3n) is 0.807. The molecule has 1 aliphatic heterocycles. The Kier molecular flexibility index (Phi) is 2.32. The van der Waals surface area contributed by atoms with Crippen LogP contribution in [0.5, 0.6) is 0 Å². The first kappa shape index (κ1) is 7.31. The van der Waals surface area contributed by atoms with Crippen LogP contribution in [0.1, 0.15) is 6.92 Å². The van der Waals surface area contributed by atoms with Crippen LogP contribution in [0.15, 0.2) is 10.1 Å². The molecule has 0 aromatic carbocycles. The summed E-state index contributed by atoms with van der Waals surface area (Å²) in [7, 11) is 2.72. The van der Waals surface area contributed by atoms with E-state index in [1.165, 1.54) is 28.7 Å². The topological polar surface area (TPSA) is 29.1 Å². The van der Waals surface area contributed by atoms with Gasteiger partial charge in [-0.2, -0.15) is 0 Å². The van der Waals surface area contributed by atoms with E-state index in [4.69, 9.17) is 11.6 Å². The van der Waals surface area contributed by atoms with Crippen molar-refractivity contribution in [2.45, 2.75) is 6.92 Å². The summed E-state index contributed by atoms with van der Waals surface area (Å²) in [5.41, 5.74) is 0.520. The molecule has 1 rings (SSSR count). The van der Waals surface area contributed by atoms with Gasteiger partial charge in [0.15, 0.2) is 5.78 Å². The molecule has 0 radical (unpaired) electrons. The Morgan fingerprint density at radius 3 is 2.67 bits per heavy atom. The van der Waals surface area contributed by atoms with Gasteiger partial charge in [-0.05, 0) is 10.8 Å². The fourth-order valence-corrected chi connectivity index (χ4v) is 2.54. The van der Waals surface area contributed by atoms with Crippen molar-refractivity contribution < 1.29 is 4.79 Å². The lowest BCUT2D eigenvalue weighted by atomic mass is 10.4. The number of hydrogen-bond donors (Lipinski definition) is 1. The monoisotopic (exact) mass is 181 g/mol. The fraction of sp³-hybridized carbons (Fsp3) is 0.250. The van der Waals surface area contributed by atoms with Gasteiger partial charge in [-0.15, -0.1) is 0 Å². The Morgan fingerprint density at radius 2 is 2.44 bits per heavy atom. The molecule has 1 N–H and O–H groups in total. The maximum atomic E-state index is 10.6. The van der Waals surface area contributed by atoms with Crippen LogP contribution in [0.2, 0.25) is 0 Å². The summed E-state index contributed by atoms with van der Waals surface area (Å²) >= 11 is 5.61. The number of carbonyl (C=O) groups excluding carboxylic acids is 1. The third-order valence-corrected chi connectivity index (χ3v) is 3.22. The highest BCUT2D eigenvalue weighted by Gasteiger charge is 2.16. The molecule has 0 atom stereocenters. The molecule has 2 nitrogen and oxygen atoms in total. The largest absolute Gasteiger partial charge is 0.316 e. The van der Waals surface area contributed by atoms with E-state index < -0.39 is 0 Å². The Hall–Kier alpha value is 0.200. The minimum atomic E-state index is -0.0162. The van der Waals surface area contributed by atoms with Gasteiger partial charge < -0.3 is 4.72 Å². The Balaban J connectivity index is 2.78. The molecule has 0 saturated carbocycles. The Morgan fingerprint density at radius 1 is 1.78 bits per heavy atom. The zero-order chi connectivity index (χ0) is 6.85. The summed E-state index contributed by atoms with van der Waals surface area (Å²) in [4.78, 5) is 10.6. The number of carbonyl (C=O) groups is 1. The van der Waals surface area contributed by atoms with Crippen molar-refractivity contribution in [3.63, 3.8) is 0 Å². The second-order valence-electron chi connectivity index (χ2n) is 1.47. The van der Waals surface area contributed by atoms with E-state index in [2.05, 4.69) is 4.72 Å². The number of halogens is 1. The number of allylic oxidation sites excluding steroid dienone is 1. The molecule has 50 valence electrons. The second-order valence-corrected chi connectivity index (χ2v) is 4.02. The SMILES string of the molecule is CC(=O)C1=C(Cl)SSN1. The summed E-state index contributed by atoms with van der Waals surface area (Å²) in [5, 5.41) is 0. The molecule has 1 heterocycles. The smallest absolute Gasteiger partial charge is 0.178 e. The minimum absolute atomic E-state index is 0.0162. The van der Waals surface area contributed by atoms with E-state index in [9.17, 15) is 4.79 Å². The van der Waals surface area contributed by atoms with Gasteiger partial charge in [-0.3, -0.25) is 4.79 Å². The Labute approximate surface area is 65.9 Å². The van der Waals surface area contributed by atoms with E-state index >= 15 is 0 Å². The first-order valence-corrected chi connectivity index (χ1v) is 4.75. The van der Waals surface area contributed by atoms with Crippen LogP contribution >= 0.6 is 33.4 Å². The van der Waals surface area contributed by atoms with Crippen LogP contribution in [0.3, 0.4) is 0 Å². The maximum Gasteiger partial charge on any atom is 0.178 e. The molecule has 0 spiro atoms. The van der Waals surface area contributed by atoms with Gasteiger partial charge in [0.1, 0.15) is 10.1 Å². The molecule has 0 bridgehead atoms. The molecule has 9 heavy (non-hydrogen) atoms. The highest BCUT2D eigenvalue weighted by atomic mass is 35.5. The first-order chi connectivity index (χ1) is 4.22. The van der Waals surface area contributed by atoms with E-state index in [-0.39, 0.29) is 5.78 Å². The molecule has 0 aromatic heterocycles. The predicted molar refractivity (Wildman–Crippen MR) is 41.9 cm³/mol. The van der Waals surface area contributed by atoms with Gasteiger partial charge in [-0.1, -0.05) is 11.6 Å². The second kappa shape index (κ2) is 2.86. The number of nitrogens with one attached hydrogen (secondary N) is 1. The van der Waals surface area contributed by atoms with Crippen molar-refractivity contribution in [1.29, 1.82) is 0 Å². The fourth-order valence-electron chi connectivity index (χ4n) is 0.391. The van der Waals surface area contributed by atoms with E-state index in [0.717, 1.165) is 0 Å². The minimum Gasteiger partial charge on any atom is -0.316 e. The van der Waals surface area contributed by atoms with Crippen LogP contribution in [-0.4, -0.2) is 5.78 Å². The van der Waals surface area contributed by atoms with Gasteiger partial charge in [0.2, 0.25) is 0 Å². The van der Waals surface area contributed by atoms with Gasteiger partial charge in [0.25, 0.3) is 0 Å². The molecular formula is C4H4ClNOS2. The van der Waals surface area contributed by atoms with E-state index in [1.807, 2.05) is 0 Å². The molecule has 1 aliphatic rings. The number of rotatable bonds is 1. The lowest BCUT2D eigenvalue weighted by Gasteiger charge is -1.92. The van der Waals surface area contributed by atoms with Crippen LogP contribution in [0.4, 0.5) is 0 Å². The van der Waals surface area contributed by atoms with Crippen molar-refractivity contribution in [3.05, 3.63) is 10.1 Å². The predicted octanol–water partition coefficient (Wildman–Crippen LogP) is 1.88. The average molecular weight is 182 g/mol. The van der Waals surface area contributed by atoms with Gasteiger partial charge >= 0.3 is 0 Å². The number of ketones is 1. The highest BCUT2D eigenvalue weighted by molar-refractivity contribution is 8.78. The van der Waals surface area contributed by atoms with Crippen LogP contribution in [-0.2, 0) is 4.79 Å². The molecule has 0 fully saturated rings. The average Bonchev–Trinajstić information content (AvgIpc) is 2.13. The summed E-state index contributed by atoms with van der Waals surface area (Å²) in [5.74, 6) is -0.0162.